The van der Waals surface area contributed by atoms with Gasteiger partial charge in [-0.25, -0.2) is 0 Å². The first-order valence-electron chi connectivity index (χ1n) is 19.4. The Morgan fingerprint density at radius 3 is 2.40 bits per heavy atom. The molecule has 0 aromatic heterocycles. The molecule has 0 aromatic rings. The number of hydrogen-bond acceptors (Lipinski definition) is 12. The molecule has 4 aliphatic heterocycles. The molecule has 12 heteroatoms. The van der Waals surface area contributed by atoms with Crippen LogP contribution in [-0.4, -0.2) is 124 Å². The Morgan fingerprint density at radius 2 is 1.66 bits per heavy atom. The Balaban J connectivity index is 0.938. The Hall–Kier alpha value is -0.740. The van der Waals surface area contributed by atoms with Crippen LogP contribution >= 0.6 is 0 Å². The van der Waals surface area contributed by atoms with E-state index < -0.39 is 67.7 Å². The molecule has 7 fully saturated rings. The summed E-state index contributed by atoms with van der Waals surface area (Å²) in [6.45, 7) is 9.65. The third-order valence-corrected chi connectivity index (χ3v) is 15.2. The Bertz CT molecular complexity index is 1270. The fourth-order valence-electron chi connectivity index (χ4n) is 12.3. The summed E-state index contributed by atoms with van der Waals surface area (Å²) in [7, 11) is 0. The summed E-state index contributed by atoms with van der Waals surface area (Å²) in [5.41, 5.74) is 1.73. The van der Waals surface area contributed by atoms with Crippen LogP contribution in [-0.2, 0) is 28.4 Å². The predicted octanol–water partition coefficient (Wildman–Crippen LogP) is 2.00. The average molecular weight is 709 g/mol. The molecule has 3 saturated carbocycles. The van der Waals surface area contributed by atoms with E-state index in [-0.39, 0.29) is 29.6 Å². The van der Waals surface area contributed by atoms with Crippen LogP contribution in [0.1, 0.15) is 85.5 Å². The topological polar surface area (TPSA) is 177 Å². The van der Waals surface area contributed by atoms with Crippen molar-refractivity contribution in [3.8, 4) is 0 Å². The predicted molar refractivity (Wildman–Crippen MR) is 177 cm³/mol. The van der Waals surface area contributed by atoms with Gasteiger partial charge in [-0.1, -0.05) is 39.3 Å². The minimum atomic E-state index is -1.60. The molecule has 8 aliphatic rings. The summed E-state index contributed by atoms with van der Waals surface area (Å²) >= 11 is 0. The molecule has 20 atom stereocenters. The average Bonchev–Trinajstić information content (AvgIpc) is 3.54. The normalized spacial score (nSPS) is 57.8. The summed E-state index contributed by atoms with van der Waals surface area (Å²) in [5, 5.41) is 62.5. The molecule has 0 unspecified atom stereocenters. The van der Waals surface area contributed by atoms with Gasteiger partial charge in [-0.2, -0.15) is 0 Å². The van der Waals surface area contributed by atoms with Gasteiger partial charge in [0, 0.05) is 12.3 Å². The summed E-state index contributed by atoms with van der Waals surface area (Å²) < 4.78 is 36.9. The van der Waals surface area contributed by atoms with Crippen LogP contribution in [0.2, 0.25) is 0 Å². The number of ether oxygens (including phenoxy) is 6. The van der Waals surface area contributed by atoms with Gasteiger partial charge in [-0.05, 0) is 91.8 Å². The summed E-state index contributed by atoms with van der Waals surface area (Å²) in [6.07, 6.45) is -0.640. The van der Waals surface area contributed by atoms with E-state index in [1.807, 2.05) is 0 Å². The van der Waals surface area contributed by atoms with E-state index in [4.69, 9.17) is 28.4 Å². The van der Waals surface area contributed by atoms with Gasteiger partial charge in [0.05, 0.1) is 32.0 Å². The van der Waals surface area contributed by atoms with Gasteiger partial charge in [0.1, 0.15) is 42.7 Å². The van der Waals surface area contributed by atoms with E-state index >= 15 is 0 Å². The molecule has 8 rings (SSSR count). The zero-order valence-corrected chi connectivity index (χ0v) is 30.0. The van der Waals surface area contributed by atoms with E-state index in [2.05, 4.69) is 33.8 Å². The molecule has 284 valence electrons. The second kappa shape index (κ2) is 13.2. The fourth-order valence-corrected chi connectivity index (χ4v) is 12.3. The van der Waals surface area contributed by atoms with Crippen molar-refractivity contribution in [3.05, 3.63) is 11.6 Å². The maximum Gasteiger partial charge on any atom is 0.186 e. The maximum absolute atomic E-state index is 11.3. The van der Waals surface area contributed by atoms with E-state index in [1.165, 1.54) is 24.8 Å². The van der Waals surface area contributed by atoms with E-state index in [9.17, 15) is 30.6 Å². The highest BCUT2D eigenvalue weighted by Gasteiger charge is 2.68. The zero-order chi connectivity index (χ0) is 35.3. The first-order chi connectivity index (χ1) is 23.8. The van der Waals surface area contributed by atoms with Crippen molar-refractivity contribution < 1.29 is 59.1 Å². The van der Waals surface area contributed by atoms with Crippen LogP contribution in [0.5, 0.6) is 0 Å². The number of hydrogen-bond donors (Lipinski definition) is 6. The van der Waals surface area contributed by atoms with Gasteiger partial charge in [0.25, 0.3) is 0 Å². The second-order valence-corrected chi connectivity index (χ2v) is 17.8. The number of rotatable bonds is 5. The molecule has 0 aromatic carbocycles. The number of aliphatic hydroxyl groups is 6. The monoisotopic (exact) mass is 708 g/mol. The third kappa shape index (κ3) is 5.61. The Kier molecular flexibility index (Phi) is 9.59. The Morgan fingerprint density at radius 1 is 0.860 bits per heavy atom. The van der Waals surface area contributed by atoms with Crippen molar-refractivity contribution in [1.29, 1.82) is 0 Å². The molecule has 0 bridgehead atoms. The first-order valence-corrected chi connectivity index (χ1v) is 19.4. The van der Waals surface area contributed by atoms with Crippen molar-refractivity contribution in [3.63, 3.8) is 0 Å². The Labute approximate surface area is 295 Å². The van der Waals surface area contributed by atoms with Crippen molar-refractivity contribution in [1.82, 2.24) is 0 Å². The van der Waals surface area contributed by atoms with E-state index in [1.54, 1.807) is 0 Å². The molecule has 12 nitrogen and oxygen atoms in total. The molecule has 50 heavy (non-hydrogen) atoms. The SMILES string of the molecule is C[C@@H]1CC[C@@]2(OC1)O[C@H]1C[C@H]3[C@@H]4CC=C5C[C@@H](O[C@@H]6O[C@H](CO)[C@@H](O)[C@H](O[C@@H]7OC[C@@H](O)[C@H](O)[C@H]7O)[C@H]6O)CC[C@]5(C)[C@H]4CC[C@]3(C)[C@H]1[C@@H]2C. The summed E-state index contributed by atoms with van der Waals surface area (Å²) in [6, 6.07) is 0. The molecule has 4 aliphatic carbocycles. The van der Waals surface area contributed by atoms with Crippen LogP contribution in [0, 0.1) is 46.3 Å². The maximum atomic E-state index is 11.3. The molecular weight excluding hydrogens is 648 g/mol. The van der Waals surface area contributed by atoms with Gasteiger partial charge in [0.15, 0.2) is 18.4 Å². The van der Waals surface area contributed by atoms with Crippen molar-refractivity contribution >= 4 is 0 Å². The highest BCUT2D eigenvalue weighted by Crippen LogP contribution is 2.70. The van der Waals surface area contributed by atoms with E-state index in [0.717, 1.165) is 38.7 Å². The van der Waals surface area contributed by atoms with Crippen LogP contribution < -0.4 is 0 Å². The molecule has 0 radical (unpaired) electrons. The third-order valence-electron chi connectivity index (χ3n) is 15.2. The van der Waals surface area contributed by atoms with Crippen molar-refractivity contribution in [2.75, 3.05) is 19.8 Å². The number of allylic oxidation sites excluding steroid dienone is 1. The van der Waals surface area contributed by atoms with Gasteiger partial charge < -0.3 is 59.1 Å². The first kappa shape index (κ1) is 36.2. The van der Waals surface area contributed by atoms with Crippen LogP contribution in [0.25, 0.3) is 0 Å². The molecule has 6 N–H and O–H groups in total. The van der Waals surface area contributed by atoms with Crippen LogP contribution in [0.15, 0.2) is 11.6 Å². The summed E-state index contributed by atoms with van der Waals surface area (Å²) in [5.74, 6) is 2.97. The lowest BCUT2D eigenvalue weighted by molar-refractivity contribution is -0.354. The fraction of sp³-hybridized carbons (Fsp3) is 0.947. The molecule has 4 heterocycles. The lowest BCUT2D eigenvalue weighted by Gasteiger charge is -2.58. The van der Waals surface area contributed by atoms with Gasteiger partial charge in [-0.15, -0.1) is 0 Å². The zero-order valence-electron chi connectivity index (χ0n) is 30.0. The van der Waals surface area contributed by atoms with E-state index in [0.29, 0.717) is 41.9 Å². The minimum absolute atomic E-state index is 0.0689. The van der Waals surface area contributed by atoms with Gasteiger partial charge in [0.2, 0.25) is 0 Å². The molecule has 4 saturated heterocycles. The van der Waals surface area contributed by atoms with Crippen molar-refractivity contribution in [2.45, 2.75) is 159 Å². The summed E-state index contributed by atoms with van der Waals surface area (Å²) in [4.78, 5) is 0. The number of fused-ring (bicyclic) bond motifs is 7. The van der Waals surface area contributed by atoms with Crippen LogP contribution in [0.3, 0.4) is 0 Å². The minimum Gasteiger partial charge on any atom is -0.394 e. The molecule has 0 amide bonds. The highest BCUT2D eigenvalue weighted by atomic mass is 16.7. The lowest BCUT2D eigenvalue weighted by Crippen LogP contribution is -2.63. The number of aliphatic hydroxyl groups excluding tert-OH is 6. The van der Waals surface area contributed by atoms with Gasteiger partial charge in [-0.3, -0.25) is 0 Å². The molecular formula is C38H60O12. The molecule has 1 spiro atoms. The highest BCUT2D eigenvalue weighted by molar-refractivity contribution is 5.26. The van der Waals surface area contributed by atoms with Crippen LogP contribution in [0.4, 0.5) is 0 Å². The van der Waals surface area contributed by atoms with Crippen molar-refractivity contribution in [2.24, 2.45) is 46.3 Å². The smallest absolute Gasteiger partial charge is 0.186 e. The largest absolute Gasteiger partial charge is 0.394 e. The second-order valence-electron chi connectivity index (χ2n) is 17.8. The standard InChI is InChI=1S/C38H60O12/c1-18-7-12-38(46-16-18)19(2)28-26(50-38)14-24-22-6-5-20-13-21(8-10-36(20,3)23(22)9-11-37(24,28)4)47-35-32(44)33(30(42)27(15-39)48-35)49-34-31(43)29(41)25(40)17-45-34/h5,18-19,21-35,39-44H,6-17H2,1-4H3/t18-,19+,21+,22-,23+,24+,25-,26+,27-,28+,29+,30-,31-,32-,33+,34+,35-,36+,37+,38-/m1/s1. The lowest BCUT2D eigenvalue weighted by atomic mass is 9.47. The van der Waals surface area contributed by atoms with Gasteiger partial charge >= 0.3 is 0 Å². The quantitative estimate of drug-likeness (QED) is 0.230.